The summed E-state index contributed by atoms with van der Waals surface area (Å²) in [5.41, 5.74) is 1.33. The summed E-state index contributed by atoms with van der Waals surface area (Å²) in [7, 11) is 1.68. The van der Waals surface area contributed by atoms with Crippen molar-refractivity contribution < 1.29 is 29.2 Å². The first-order valence-corrected chi connectivity index (χ1v) is 11.8. The van der Waals surface area contributed by atoms with E-state index in [1.165, 1.54) is 6.08 Å². The number of benzene rings is 1. The van der Waals surface area contributed by atoms with Crippen molar-refractivity contribution in [1.82, 2.24) is 0 Å². The lowest BCUT2D eigenvalue weighted by atomic mass is 9.64. The summed E-state index contributed by atoms with van der Waals surface area (Å²) in [4.78, 5) is 12.1. The van der Waals surface area contributed by atoms with Crippen LogP contribution in [0, 0.1) is 17.3 Å². The number of esters is 1. The molecule has 2 aliphatic heterocycles. The highest BCUT2D eigenvalue weighted by atomic mass is 16.6. The fourth-order valence-electron chi connectivity index (χ4n) is 6.04. The minimum atomic E-state index is -0.731. The van der Waals surface area contributed by atoms with Crippen molar-refractivity contribution in [2.45, 2.75) is 77.8 Å². The van der Waals surface area contributed by atoms with Crippen molar-refractivity contribution in [3.05, 3.63) is 52.8 Å². The van der Waals surface area contributed by atoms with Gasteiger partial charge < -0.3 is 24.4 Å². The zero-order valence-corrected chi connectivity index (χ0v) is 20.4. The molecule has 6 nitrogen and oxygen atoms in total. The van der Waals surface area contributed by atoms with Gasteiger partial charge in [0.25, 0.3) is 0 Å². The zero-order chi connectivity index (χ0) is 24.1. The Hall–Kier alpha value is -2.31. The van der Waals surface area contributed by atoms with Crippen LogP contribution in [0.5, 0.6) is 5.75 Å². The second-order valence-corrected chi connectivity index (χ2v) is 10.8. The van der Waals surface area contributed by atoms with E-state index in [1.54, 1.807) is 19.2 Å². The Labute approximate surface area is 196 Å². The molecule has 6 heteroatoms. The molecule has 33 heavy (non-hydrogen) atoms. The average Bonchev–Trinajstić information content (AvgIpc) is 3.02. The maximum Gasteiger partial charge on any atom is 0.332 e. The predicted octanol–water partition coefficient (Wildman–Crippen LogP) is 4.82. The first kappa shape index (κ1) is 23.8. The van der Waals surface area contributed by atoms with Crippen LogP contribution in [0.1, 0.15) is 65.5 Å². The minimum Gasteiger partial charge on any atom is -0.508 e. The van der Waals surface area contributed by atoms with Crippen LogP contribution in [0.25, 0.3) is 0 Å². The molecule has 0 amide bonds. The maximum absolute atomic E-state index is 12.1. The molecule has 0 saturated carbocycles. The molecule has 0 fully saturated rings. The van der Waals surface area contributed by atoms with Gasteiger partial charge in [-0.3, -0.25) is 0 Å². The van der Waals surface area contributed by atoms with Gasteiger partial charge in [-0.05, 0) is 43.4 Å². The number of methoxy groups -OCH3 is 1. The molecule has 180 valence electrons. The summed E-state index contributed by atoms with van der Waals surface area (Å²) in [6.07, 6.45) is 2.71. The van der Waals surface area contributed by atoms with E-state index in [9.17, 15) is 15.0 Å². The molecule has 2 N–H and O–H groups in total. The SMILES string of the molecule is COC(CCC(C)C1OC2=C(C3=CC(=O)OC3(C)CC2(C)C)C(O)C1C)c1cccc(O)c1. The standard InChI is InChI=1S/C27H36O6/c1-15(10-11-20(31-6)17-8-7-9-18(28)12-17)24-16(2)23(30)22-19-13-21(29)33-27(19,5)14-26(3,4)25(22)32-24/h7-9,12-13,15-16,20,23-24,28,30H,10-11,14H2,1-6H3. The van der Waals surface area contributed by atoms with Gasteiger partial charge in [0.2, 0.25) is 0 Å². The number of allylic oxidation sites excluding steroid dienone is 1. The number of aromatic hydroxyl groups is 1. The quantitative estimate of drug-likeness (QED) is 0.597. The van der Waals surface area contributed by atoms with Crippen LogP contribution in [-0.4, -0.2) is 41.1 Å². The van der Waals surface area contributed by atoms with Crippen molar-refractivity contribution in [3.8, 4) is 5.75 Å². The number of hydrogen-bond donors (Lipinski definition) is 2. The zero-order valence-electron chi connectivity index (χ0n) is 20.4. The molecule has 1 aromatic carbocycles. The van der Waals surface area contributed by atoms with E-state index in [1.807, 2.05) is 26.0 Å². The van der Waals surface area contributed by atoms with Crippen LogP contribution < -0.4 is 0 Å². The van der Waals surface area contributed by atoms with Crippen LogP contribution in [0.3, 0.4) is 0 Å². The molecule has 4 rings (SSSR count). The Morgan fingerprint density at radius 1 is 1.24 bits per heavy atom. The number of rotatable bonds is 6. The Balaban J connectivity index is 1.56. The molecular formula is C27H36O6. The van der Waals surface area contributed by atoms with Crippen molar-refractivity contribution >= 4 is 5.97 Å². The van der Waals surface area contributed by atoms with Crippen LogP contribution in [-0.2, 0) is 19.0 Å². The molecule has 0 aromatic heterocycles. The number of phenolic OH excluding ortho intramolecular Hbond substituents is 1. The smallest absolute Gasteiger partial charge is 0.332 e. The van der Waals surface area contributed by atoms with Crippen molar-refractivity contribution in [2.75, 3.05) is 7.11 Å². The Kier molecular flexibility index (Phi) is 6.12. The molecular weight excluding hydrogens is 420 g/mol. The van der Waals surface area contributed by atoms with Crippen LogP contribution in [0.15, 0.2) is 47.2 Å². The van der Waals surface area contributed by atoms with Gasteiger partial charge in [0, 0.05) is 42.1 Å². The number of carbonyl (C=O) groups excluding carboxylic acids is 1. The lowest BCUT2D eigenvalue weighted by Crippen LogP contribution is -2.50. The van der Waals surface area contributed by atoms with Crippen LogP contribution in [0.2, 0.25) is 0 Å². The highest BCUT2D eigenvalue weighted by molar-refractivity contribution is 5.88. The first-order chi connectivity index (χ1) is 15.5. The number of ether oxygens (including phenoxy) is 3. The summed E-state index contributed by atoms with van der Waals surface area (Å²) >= 11 is 0. The lowest BCUT2D eigenvalue weighted by molar-refractivity contribution is -0.149. The molecule has 0 bridgehead atoms. The van der Waals surface area contributed by atoms with Crippen LogP contribution in [0.4, 0.5) is 0 Å². The molecule has 6 unspecified atom stereocenters. The largest absolute Gasteiger partial charge is 0.508 e. The third-order valence-corrected chi connectivity index (χ3v) is 7.62. The second kappa shape index (κ2) is 8.48. The number of aliphatic hydroxyl groups excluding tert-OH is 1. The predicted molar refractivity (Wildman–Crippen MR) is 124 cm³/mol. The van der Waals surface area contributed by atoms with Crippen LogP contribution >= 0.6 is 0 Å². The van der Waals surface area contributed by atoms with Crippen molar-refractivity contribution in [3.63, 3.8) is 0 Å². The van der Waals surface area contributed by atoms with Gasteiger partial charge in [0.1, 0.15) is 23.2 Å². The number of aliphatic hydroxyl groups is 1. The fraction of sp³-hybridized carbons (Fsp3) is 0.593. The average molecular weight is 457 g/mol. The van der Waals surface area contributed by atoms with E-state index in [4.69, 9.17) is 14.2 Å². The van der Waals surface area contributed by atoms with Gasteiger partial charge in [-0.1, -0.05) is 39.8 Å². The van der Waals surface area contributed by atoms with Crippen molar-refractivity contribution in [1.29, 1.82) is 0 Å². The number of phenols is 1. The molecule has 1 aromatic rings. The Morgan fingerprint density at radius 3 is 2.64 bits per heavy atom. The monoisotopic (exact) mass is 456 g/mol. The Morgan fingerprint density at radius 2 is 1.97 bits per heavy atom. The molecule has 0 saturated heterocycles. The highest BCUT2D eigenvalue weighted by Gasteiger charge is 2.56. The van der Waals surface area contributed by atoms with E-state index in [2.05, 4.69) is 20.8 Å². The summed E-state index contributed by atoms with van der Waals surface area (Å²) in [6, 6.07) is 7.17. The van der Waals surface area contributed by atoms with Gasteiger partial charge in [-0.2, -0.15) is 0 Å². The molecule has 0 spiro atoms. The summed E-state index contributed by atoms with van der Waals surface area (Å²) < 4.78 is 18.0. The van der Waals surface area contributed by atoms with Gasteiger partial charge in [-0.15, -0.1) is 0 Å². The van der Waals surface area contributed by atoms with Crippen molar-refractivity contribution in [2.24, 2.45) is 17.3 Å². The second-order valence-electron chi connectivity index (χ2n) is 10.8. The van der Waals surface area contributed by atoms with E-state index in [-0.39, 0.29) is 41.2 Å². The van der Waals surface area contributed by atoms with E-state index >= 15 is 0 Å². The maximum atomic E-state index is 12.1. The van der Waals surface area contributed by atoms with Gasteiger partial charge in [-0.25, -0.2) is 4.79 Å². The summed E-state index contributed by atoms with van der Waals surface area (Å²) in [5.74, 6) is 0.673. The number of carbonyl (C=O) groups is 1. The number of fused-ring (bicyclic) bond motifs is 2. The molecule has 1 aliphatic carbocycles. The van der Waals surface area contributed by atoms with Gasteiger partial charge in [0.05, 0.1) is 12.2 Å². The fourth-order valence-corrected chi connectivity index (χ4v) is 6.04. The van der Waals surface area contributed by atoms with E-state index in [0.717, 1.165) is 35.3 Å². The first-order valence-electron chi connectivity index (χ1n) is 11.8. The van der Waals surface area contributed by atoms with Gasteiger partial charge >= 0.3 is 5.97 Å². The van der Waals surface area contributed by atoms with E-state index < -0.39 is 11.7 Å². The highest BCUT2D eigenvalue weighted by Crippen LogP contribution is 2.56. The van der Waals surface area contributed by atoms with E-state index in [0.29, 0.717) is 6.42 Å². The normalized spacial score (nSPS) is 32.3. The third kappa shape index (κ3) is 4.19. The minimum absolute atomic E-state index is 0.128. The summed E-state index contributed by atoms with van der Waals surface area (Å²) in [5, 5.41) is 21.2. The lowest BCUT2D eigenvalue weighted by Gasteiger charge is -2.50. The number of hydrogen-bond acceptors (Lipinski definition) is 6. The molecule has 3 aliphatic rings. The Bertz CT molecular complexity index is 992. The molecule has 2 heterocycles. The summed E-state index contributed by atoms with van der Waals surface area (Å²) in [6.45, 7) is 10.3. The third-order valence-electron chi connectivity index (χ3n) is 7.62. The molecule has 0 radical (unpaired) electrons. The van der Waals surface area contributed by atoms with Gasteiger partial charge in [0.15, 0.2) is 0 Å². The topological polar surface area (TPSA) is 85.2 Å². The molecule has 6 atom stereocenters.